The van der Waals surface area contributed by atoms with Gasteiger partial charge in [-0.05, 0) is 48.0 Å². The molecule has 0 atom stereocenters. The normalized spacial score (nSPS) is 11.0. The van der Waals surface area contributed by atoms with Gasteiger partial charge in [-0.2, -0.15) is 0 Å². The summed E-state index contributed by atoms with van der Waals surface area (Å²) in [6.45, 7) is 2.04. The number of hydrogen-bond donors (Lipinski definition) is 0. The largest absolute Gasteiger partial charge is 0.501 e. The summed E-state index contributed by atoms with van der Waals surface area (Å²) in [6, 6.07) is 59.8. The van der Waals surface area contributed by atoms with Gasteiger partial charge in [0.05, 0.1) is 16.9 Å². The summed E-state index contributed by atoms with van der Waals surface area (Å²) in [5.41, 5.74) is 10.4. The molecule has 0 amide bonds. The van der Waals surface area contributed by atoms with Crippen LogP contribution in [0.3, 0.4) is 0 Å². The van der Waals surface area contributed by atoms with Crippen molar-refractivity contribution in [3.63, 3.8) is 0 Å². The predicted octanol–water partition coefficient (Wildman–Crippen LogP) is 11.5. The molecule has 0 unspecified atom stereocenters. The Bertz CT molecular complexity index is 2760. The van der Waals surface area contributed by atoms with Crippen molar-refractivity contribution in [1.29, 1.82) is 0 Å². The summed E-state index contributed by atoms with van der Waals surface area (Å²) >= 11 is 0. The van der Waals surface area contributed by atoms with Gasteiger partial charge >= 0.3 is 0 Å². The quantitative estimate of drug-likeness (QED) is 0.166. The summed E-state index contributed by atoms with van der Waals surface area (Å²) in [5.74, 6) is 0.757. The van der Waals surface area contributed by atoms with E-state index in [9.17, 15) is 0 Å². The Labute approximate surface area is 314 Å². The van der Waals surface area contributed by atoms with Crippen molar-refractivity contribution in [3.8, 4) is 39.5 Å². The predicted molar refractivity (Wildman–Crippen MR) is 207 cm³/mol. The van der Waals surface area contributed by atoms with E-state index in [1.807, 2.05) is 79.7 Å². The zero-order valence-corrected chi connectivity index (χ0v) is 30.5. The van der Waals surface area contributed by atoms with Crippen molar-refractivity contribution < 1.29 is 24.5 Å². The minimum Gasteiger partial charge on any atom is -0.501 e. The standard InChI is InChI=1S/C35H22N3O.C11H8N.Ir/c1-22-26-15-8-9-16-28(26)32-34(36-22)37-35(38(32)25-13-6-3-7-14-25)30-18-10-17-29-27-20-19-24(21-31(27)39-33(29)30)23-11-4-2-5-12-23;1-2-6-10(7-3-1)11-8-4-5-9-12-11;/h2-17,19-21H,1H3;1-6,8-9H;/q2*-1;. The van der Waals surface area contributed by atoms with E-state index < -0.39 is 0 Å². The van der Waals surface area contributed by atoms with Gasteiger partial charge in [-0.1, -0.05) is 108 Å². The fourth-order valence-electron chi connectivity index (χ4n) is 6.74. The Morgan fingerprint density at radius 3 is 2.12 bits per heavy atom. The number of pyridine rings is 2. The molecule has 0 spiro atoms. The minimum atomic E-state index is 0. The Hall–Kier alpha value is -6.20. The first kappa shape index (κ1) is 33.0. The third kappa shape index (κ3) is 5.98. The average molecular weight is 847 g/mol. The average Bonchev–Trinajstić information content (AvgIpc) is 3.78. The van der Waals surface area contributed by atoms with Gasteiger partial charge in [0.2, 0.25) is 0 Å². The molecule has 0 fully saturated rings. The van der Waals surface area contributed by atoms with Crippen LogP contribution < -0.4 is 0 Å². The minimum absolute atomic E-state index is 0. The van der Waals surface area contributed by atoms with Crippen LogP contribution in [0.1, 0.15) is 5.69 Å². The number of hydrogen-bond acceptors (Lipinski definition) is 4. The number of aryl methyl sites for hydroxylation is 1. The van der Waals surface area contributed by atoms with Gasteiger partial charge in [-0.25, -0.2) is 4.98 Å². The molecular formula is C46H30IrN4O-2. The molecule has 4 aromatic heterocycles. The van der Waals surface area contributed by atoms with Gasteiger partial charge < -0.3 is 14.0 Å². The Kier molecular flexibility index (Phi) is 9.00. The fourth-order valence-corrected chi connectivity index (χ4v) is 6.74. The Morgan fingerprint density at radius 2 is 1.35 bits per heavy atom. The number of para-hydroxylation sites is 1. The van der Waals surface area contributed by atoms with E-state index in [0.717, 1.165) is 83.4 Å². The number of aromatic nitrogens is 4. The summed E-state index contributed by atoms with van der Waals surface area (Å²) in [4.78, 5) is 14.3. The van der Waals surface area contributed by atoms with Crippen LogP contribution in [0.4, 0.5) is 0 Å². The maximum Gasteiger partial charge on any atom is 0.169 e. The number of furan rings is 1. The van der Waals surface area contributed by atoms with Gasteiger partial charge in [0.25, 0.3) is 0 Å². The number of benzene rings is 6. The number of rotatable bonds is 4. The molecule has 6 heteroatoms. The second kappa shape index (κ2) is 14.2. The van der Waals surface area contributed by atoms with E-state index in [0.29, 0.717) is 5.65 Å². The molecule has 0 aliphatic carbocycles. The van der Waals surface area contributed by atoms with E-state index in [4.69, 9.17) is 14.4 Å². The summed E-state index contributed by atoms with van der Waals surface area (Å²) in [6.07, 6.45) is 1.79. The van der Waals surface area contributed by atoms with Crippen LogP contribution in [0.2, 0.25) is 0 Å². The maximum absolute atomic E-state index is 6.59. The first-order valence-corrected chi connectivity index (χ1v) is 16.9. The molecule has 4 heterocycles. The Balaban J connectivity index is 0.000000253. The van der Waals surface area contributed by atoms with Crippen LogP contribution in [0, 0.1) is 19.1 Å². The van der Waals surface area contributed by atoms with Crippen LogP contribution in [-0.2, 0) is 20.1 Å². The molecule has 52 heavy (non-hydrogen) atoms. The van der Waals surface area contributed by atoms with E-state index in [1.54, 1.807) is 6.20 Å². The van der Waals surface area contributed by atoms with Crippen molar-refractivity contribution in [2.75, 3.05) is 0 Å². The number of fused-ring (bicyclic) bond motifs is 6. The smallest absolute Gasteiger partial charge is 0.169 e. The van der Waals surface area contributed by atoms with E-state index in [-0.39, 0.29) is 20.1 Å². The molecule has 5 nitrogen and oxygen atoms in total. The molecular weight excluding hydrogens is 817 g/mol. The fraction of sp³-hybridized carbons (Fsp3) is 0.0217. The summed E-state index contributed by atoms with van der Waals surface area (Å²) in [7, 11) is 0. The van der Waals surface area contributed by atoms with Crippen molar-refractivity contribution >= 4 is 43.9 Å². The third-order valence-corrected chi connectivity index (χ3v) is 9.13. The van der Waals surface area contributed by atoms with Crippen molar-refractivity contribution in [3.05, 3.63) is 182 Å². The van der Waals surface area contributed by atoms with Crippen LogP contribution in [0.5, 0.6) is 0 Å². The van der Waals surface area contributed by atoms with Gasteiger partial charge in [0.1, 0.15) is 5.58 Å². The maximum atomic E-state index is 6.59. The number of nitrogens with zero attached hydrogens (tertiary/aromatic N) is 4. The van der Waals surface area contributed by atoms with Crippen LogP contribution in [0.15, 0.2) is 168 Å². The Morgan fingerprint density at radius 1 is 0.596 bits per heavy atom. The molecule has 0 bridgehead atoms. The van der Waals surface area contributed by atoms with Gasteiger partial charge in [-0.15, -0.1) is 54.1 Å². The third-order valence-electron chi connectivity index (χ3n) is 9.13. The zero-order valence-electron chi connectivity index (χ0n) is 28.1. The molecule has 0 saturated carbocycles. The second-order valence-corrected chi connectivity index (χ2v) is 12.3. The SMILES string of the molecule is Cc1nc2nc(-c3[c-]ccc4c3oc3cc(-c5ccccc5)ccc34)n(-c3ccccc3)c2c2ccccc12.[Ir].[c-]1ccccc1-c1ccccn1. The molecule has 251 valence electrons. The van der Waals surface area contributed by atoms with Crippen LogP contribution in [-0.4, -0.2) is 19.5 Å². The molecule has 10 aromatic rings. The molecule has 0 aliphatic heterocycles. The summed E-state index contributed by atoms with van der Waals surface area (Å²) in [5, 5.41) is 4.35. The molecule has 6 aromatic carbocycles. The molecule has 1 radical (unpaired) electrons. The first-order valence-electron chi connectivity index (χ1n) is 16.9. The second-order valence-electron chi connectivity index (χ2n) is 12.3. The zero-order chi connectivity index (χ0) is 34.1. The molecule has 0 N–H and O–H groups in total. The summed E-state index contributed by atoms with van der Waals surface area (Å²) < 4.78 is 8.79. The van der Waals surface area contributed by atoms with Gasteiger partial charge in [-0.3, -0.25) is 4.98 Å². The number of imidazole rings is 1. The molecule has 0 aliphatic rings. The van der Waals surface area contributed by atoms with Crippen molar-refractivity contribution in [2.24, 2.45) is 0 Å². The topological polar surface area (TPSA) is 56.7 Å². The van der Waals surface area contributed by atoms with E-state index in [2.05, 4.69) is 107 Å². The van der Waals surface area contributed by atoms with Gasteiger partial charge in [0, 0.05) is 53.8 Å². The molecule has 0 saturated heterocycles. The van der Waals surface area contributed by atoms with Crippen molar-refractivity contribution in [2.45, 2.75) is 6.92 Å². The van der Waals surface area contributed by atoms with Gasteiger partial charge in [0.15, 0.2) is 5.65 Å². The van der Waals surface area contributed by atoms with Crippen LogP contribution >= 0.6 is 0 Å². The first-order chi connectivity index (χ1) is 25.2. The van der Waals surface area contributed by atoms with E-state index in [1.165, 1.54) is 0 Å². The van der Waals surface area contributed by atoms with E-state index >= 15 is 0 Å². The molecule has 10 rings (SSSR count). The van der Waals surface area contributed by atoms with Crippen LogP contribution in [0.25, 0.3) is 83.3 Å². The van der Waals surface area contributed by atoms with Crippen molar-refractivity contribution in [1.82, 2.24) is 19.5 Å². The monoisotopic (exact) mass is 847 g/mol.